The molecule has 2 aromatic rings. The first-order valence-electron chi connectivity index (χ1n) is 9.76. The van der Waals surface area contributed by atoms with Gasteiger partial charge in [-0.1, -0.05) is 31.4 Å². The Morgan fingerprint density at radius 2 is 1.64 bits per heavy atom. The van der Waals surface area contributed by atoms with Crippen LogP contribution in [-0.2, 0) is 10.0 Å². The van der Waals surface area contributed by atoms with Gasteiger partial charge in [0.25, 0.3) is 5.91 Å². The molecule has 1 aliphatic carbocycles. The molecule has 0 saturated heterocycles. The molecular formula is C22H28N2O3S. The van der Waals surface area contributed by atoms with Crippen LogP contribution < -0.4 is 5.32 Å². The highest BCUT2D eigenvalue weighted by Gasteiger charge is 2.29. The molecule has 150 valence electrons. The number of rotatable bonds is 5. The predicted molar refractivity (Wildman–Crippen MR) is 112 cm³/mol. The number of sulfonamides is 1. The minimum atomic E-state index is -3.55. The molecule has 1 saturated carbocycles. The fraction of sp³-hybridized carbons (Fsp3) is 0.409. The standard InChI is InChI=1S/C22H28N2O3S/c1-16-9-10-17(2)21(15-16)23-22(25)18-11-13-20(14-12-18)28(26,27)24(3)19-7-5-4-6-8-19/h9-15,19H,4-8H2,1-3H3,(H,23,25). The molecule has 1 N–H and O–H groups in total. The summed E-state index contributed by atoms with van der Waals surface area (Å²) in [5, 5.41) is 2.90. The van der Waals surface area contributed by atoms with Gasteiger partial charge in [0.1, 0.15) is 0 Å². The number of hydrogen-bond acceptors (Lipinski definition) is 3. The molecule has 2 aromatic carbocycles. The Hall–Kier alpha value is -2.18. The molecule has 0 aliphatic heterocycles. The smallest absolute Gasteiger partial charge is 0.255 e. The summed E-state index contributed by atoms with van der Waals surface area (Å²) < 4.78 is 27.3. The number of benzene rings is 2. The van der Waals surface area contributed by atoms with Crippen LogP contribution in [0.3, 0.4) is 0 Å². The Morgan fingerprint density at radius 3 is 2.29 bits per heavy atom. The fourth-order valence-corrected chi connectivity index (χ4v) is 5.07. The summed E-state index contributed by atoms with van der Waals surface area (Å²) in [6.45, 7) is 3.91. The van der Waals surface area contributed by atoms with Gasteiger partial charge in [-0.3, -0.25) is 4.79 Å². The fourth-order valence-electron chi connectivity index (χ4n) is 3.65. The second kappa shape index (κ2) is 8.45. The van der Waals surface area contributed by atoms with Gasteiger partial charge in [0, 0.05) is 24.3 Å². The normalized spacial score (nSPS) is 15.6. The molecule has 1 aliphatic rings. The van der Waals surface area contributed by atoms with Crippen LogP contribution in [0.15, 0.2) is 47.4 Å². The van der Waals surface area contributed by atoms with E-state index < -0.39 is 10.0 Å². The molecule has 0 atom stereocenters. The van der Waals surface area contributed by atoms with Crippen molar-refractivity contribution >= 4 is 21.6 Å². The largest absolute Gasteiger partial charge is 0.322 e. The minimum Gasteiger partial charge on any atom is -0.322 e. The summed E-state index contributed by atoms with van der Waals surface area (Å²) >= 11 is 0. The van der Waals surface area contributed by atoms with E-state index in [-0.39, 0.29) is 16.8 Å². The van der Waals surface area contributed by atoms with Crippen molar-refractivity contribution in [3.63, 3.8) is 0 Å². The zero-order valence-electron chi connectivity index (χ0n) is 16.7. The van der Waals surface area contributed by atoms with Crippen molar-refractivity contribution in [1.82, 2.24) is 4.31 Å². The lowest BCUT2D eigenvalue weighted by Crippen LogP contribution is -2.38. The van der Waals surface area contributed by atoms with E-state index in [0.717, 1.165) is 42.5 Å². The number of amides is 1. The lowest BCUT2D eigenvalue weighted by molar-refractivity contribution is 0.102. The maximum Gasteiger partial charge on any atom is 0.255 e. The topological polar surface area (TPSA) is 66.5 Å². The predicted octanol–water partition coefficient (Wildman–Crippen LogP) is 4.51. The first-order chi connectivity index (χ1) is 13.3. The van der Waals surface area contributed by atoms with Crippen LogP contribution in [0.2, 0.25) is 0 Å². The minimum absolute atomic E-state index is 0.0611. The summed E-state index contributed by atoms with van der Waals surface area (Å²) in [5.74, 6) is -0.252. The number of anilines is 1. The molecule has 0 radical (unpaired) electrons. The zero-order valence-corrected chi connectivity index (χ0v) is 17.6. The molecule has 0 heterocycles. The maximum absolute atomic E-state index is 12.9. The van der Waals surface area contributed by atoms with Crippen molar-refractivity contribution in [2.24, 2.45) is 0 Å². The summed E-state index contributed by atoms with van der Waals surface area (Å²) in [7, 11) is -1.89. The van der Waals surface area contributed by atoms with Crippen molar-refractivity contribution in [3.05, 3.63) is 59.2 Å². The highest BCUT2D eigenvalue weighted by atomic mass is 32.2. The quantitative estimate of drug-likeness (QED) is 0.803. The van der Waals surface area contributed by atoms with E-state index in [0.29, 0.717) is 5.56 Å². The highest BCUT2D eigenvalue weighted by Crippen LogP contribution is 2.26. The summed E-state index contributed by atoms with van der Waals surface area (Å²) in [4.78, 5) is 12.8. The SMILES string of the molecule is Cc1ccc(C)c(NC(=O)c2ccc(S(=O)(=O)N(C)C3CCCCC3)cc2)c1. The van der Waals surface area contributed by atoms with E-state index >= 15 is 0 Å². The van der Waals surface area contributed by atoms with E-state index in [2.05, 4.69) is 5.32 Å². The van der Waals surface area contributed by atoms with Gasteiger partial charge in [-0.25, -0.2) is 8.42 Å². The van der Waals surface area contributed by atoms with Crippen LogP contribution in [0.25, 0.3) is 0 Å². The van der Waals surface area contributed by atoms with Crippen molar-refractivity contribution < 1.29 is 13.2 Å². The molecule has 0 bridgehead atoms. The number of carbonyl (C=O) groups is 1. The lowest BCUT2D eigenvalue weighted by Gasteiger charge is -2.30. The molecular weight excluding hydrogens is 372 g/mol. The highest BCUT2D eigenvalue weighted by molar-refractivity contribution is 7.89. The lowest BCUT2D eigenvalue weighted by atomic mass is 9.96. The zero-order chi connectivity index (χ0) is 20.3. The van der Waals surface area contributed by atoms with Crippen LogP contribution in [0.5, 0.6) is 0 Å². The molecule has 0 unspecified atom stereocenters. The van der Waals surface area contributed by atoms with Crippen molar-refractivity contribution in [1.29, 1.82) is 0 Å². The van der Waals surface area contributed by atoms with E-state index in [1.54, 1.807) is 19.2 Å². The summed E-state index contributed by atoms with van der Waals surface area (Å²) in [6, 6.07) is 12.1. The average Bonchev–Trinajstić information content (AvgIpc) is 2.71. The third-order valence-corrected chi connectivity index (χ3v) is 7.45. The molecule has 0 spiro atoms. The monoisotopic (exact) mass is 400 g/mol. The van der Waals surface area contributed by atoms with Gasteiger partial charge < -0.3 is 5.32 Å². The van der Waals surface area contributed by atoms with Crippen LogP contribution in [-0.4, -0.2) is 31.7 Å². The average molecular weight is 401 g/mol. The van der Waals surface area contributed by atoms with Crippen LogP contribution in [0, 0.1) is 13.8 Å². The van der Waals surface area contributed by atoms with E-state index in [1.165, 1.54) is 22.9 Å². The number of nitrogens with zero attached hydrogens (tertiary/aromatic N) is 1. The van der Waals surface area contributed by atoms with Crippen molar-refractivity contribution in [2.45, 2.75) is 56.9 Å². The van der Waals surface area contributed by atoms with Crippen molar-refractivity contribution in [3.8, 4) is 0 Å². The van der Waals surface area contributed by atoms with Gasteiger partial charge in [0.05, 0.1) is 4.90 Å². The number of aryl methyl sites for hydroxylation is 2. The van der Waals surface area contributed by atoms with E-state index in [9.17, 15) is 13.2 Å². The van der Waals surface area contributed by atoms with Gasteiger partial charge in [-0.05, 0) is 68.1 Å². The Bertz CT molecular complexity index is 946. The van der Waals surface area contributed by atoms with Gasteiger partial charge in [-0.15, -0.1) is 0 Å². The Labute approximate surface area is 167 Å². The van der Waals surface area contributed by atoms with Crippen molar-refractivity contribution in [2.75, 3.05) is 12.4 Å². The Morgan fingerprint density at radius 1 is 1.00 bits per heavy atom. The number of carbonyl (C=O) groups excluding carboxylic acids is 1. The molecule has 5 nitrogen and oxygen atoms in total. The summed E-state index contributed by atoms with van der Waals surface area (Å²) in [6.07, 6.45) is 5.14. The van der Waals surface area contributed by atoms with Gasteiger partial charge >= 0.3 is 0 Å². The Kier molecular flexibility index (Phi) is 6.20. The molecule has 1 fully saturated rings. The molecule has 6 heteroatoms. The third kappa shape index (κ3) is 4.45. The van der Waals surface area contributed by atoms with E-state index in [1.807, 2.05) is 32.0 Å². The summed E-state index contributed by atoms with van der Waals surface area (Å²) in [5.41, 5.74) is 3.24. The van der Waals surface area contributed by atoms with Crippen LogP contribution in [0.4, 0.5) is 5.69 Å². The second-order valence-corrected chi connectivity index (χ2v) is 9.61. The number of nitrogens with one attached hydrogen (secondary N) is 1. The maximum atomic E-state index is 12.9. The van der Waals surface area contributed by atoms with E-state index in [4.69, 9.17) is 0 Å². The first-order valence-corrected chi connectivity index (χ1v) is 11.2. The molecule has 0 aromatic heterocycles. The van der Waals surface area contributed by atoms with Crippen LogP contribution in [0.1, 0.15) is 53.6 Å². The molecule has 1 amide bonds. The first kappa shape index (κ1) is 20.6. The second-order valence-electron chi connectivity index (χ2n) is 7.61. The van der Waals surface area contributed by atoms with Crippen LogP contribution >= 0.6 is 0 Å². The number of hydrogen-bond donors (Lipinski definition) is 1. The molecule has 28 heavy (non-hydrogen) atoms. The third-order valence-electron chi connectivity index (χ3n) is 5.52. The van der Waals surface area contributed by atoms with Gasteiger partial charge in [0.15, 0.2) is 0 Å². The molecule has 3 rings (SSSR count). The van der Waals surface area contributed by atoms with Gasteiger partial charge in [0.2, 0.25) is 10.0 Å². The Balaban J connectivity index is 1.75. The van der Waals surface area contributed by atoms with Gasteiger partial charge in [-0.2, -0.15) is 4.31 Å².